The van der Waals surface area contributed by atoms with Crippen molar-refractivity contribution in [2.75, 3.05) is 5.32 Å². The van der Waals surface area contributed by atoms with E-state index in [1.165, 1.54) is 11.6 Å². The van der Waals surface area contributed by atoms with Crippen LogP contribution in [0.3, 0.4) is 0 Å². The summed E-state index contributed by atoms with van der Waals surface area (Å²) >= 11 is 0. The zero-order chi connectivity index (χ0) is 14.0. The average molecular weight is 257 g/mol. The van der Waals surface area contributed by atoms with Gasteiger partial charge in [-0.25, -0.2) is 4.98 Å². The van der Waals surface area contributed by atoms with Gasteiger partial charge in [0.25, 0.3) is 5.56 Å². The molecule has 0 aliphatic heterocycles. The first-order valence-electron chi connectivity index (χ1n) is 6.30. The van der Waals surface area contributed by atoms with E-state index in [2.05, 4.69) is 48.2 Å². The second kappa shape index (κ2) is 4.88. The fourth-order valence-electron chi connectivity index (χ4n) is 1.83. The molecule has 4 nitrogen and oxygen atoms in total. The van der Waals surface area contributed by atoms with Crippen molar-refractivity contribution in [2.45, 2.75) is 33.1 Å². The van der Waals surface area contributed by atoms with E-state index in [-0.39, 0.29) is 11.0 Å². The number of aryl methyl sites for hydroxylation is 1. The molecule has 2 rings (SSSR count). The molecule has 2 N–H and O–H groups in total. The Morgan fingerprint density at radius 2 is 1.79 bits per heavy atom. The number of hydrogen-bond donors (Lipinski definition) is 2. The van der Waals surface area contributed by atoms with Gasteiger partial charge in [-0.15, -0.1) is 0 Å². The highest BCUT2D eigenvalue weighted by Crippen LogP contribution is 2.24. The summed E-state index contributed by atoms with van der Waals surface area (Å²) in [5.41, 5.74) is 2.85. The predicted molar refractivity (Wildman–Crippen MR) is 78.0 cm³/mol. The largest absolute Gasteiger partial charge is 0.326 e. The van der Waals surface area contributed by atoms with Crippen molar-refractivity contribution in [1.82, 2.24) is 9.97 Å². The average Bonchev–Trinajstić information content (AvgIpc) is 2.26. The molecular formula is C15H19N3O. The lowest BCUT2D eigenvalue weighted by atomic mass is 9.87. The van der Waals surface area contributed by atoms with Crippen molar-refractivity contribution in [2.24, 2.45) is 0 Å². The Balaban J connectivity index is 2.22. The molecule has 0 amide bonds. The Bertz CT molecular complexity index is 621. The van der Waals surface area contributed by atoms with Gasteiger partial charge in [-0.2, -0.15) is 0 Å². The quantitative estimate of drug-likeness (QED) is 0.869. The summed E-state index contributed by atoms with van der Waals surface area (Å²) in [6, 6.07) is 9.60. The van der Waals surface area contributed by atoms with E-state index in [4.69, 9.17) is 0 Å². The molecule has 19 heavy (non-hydrogen) atoms. The summed E-state index contributed by atoms with van der Waals surface area (Å²) in [5.74, 6) is 0.466. The molecule has 0 fully saturated rings. The topological polar surface area (TPSA) is 57.8 Å². The van der Waals surface area contributed by atoms with E-state index in [0.717, 1.165) is 5.69 Å². The summed E-state index contributed by atoms with van der Waals surface area (Å²) in [7, 11) is 0. The fourth-order valence-corrected chi connectivity index (χ4v) is 1.83. The third kappa shape index (κ3) is 3.44. The molecule has 0 aliphatic rings. The highest BCUT2D eigenvalue weighted by Gasteiger charge is 2.12. The Labute approximate surface area is 112 Å². The number of aromatic nitrogens is 2. The van der Waals surface area contributed by atoms with Crippen LogP contribution in [0.1, 0.15) is 32.0 Å². The van der Waals surface area contributed by atoms with Gasteiger partial charge >= 0.3 is 0 Å². The molecule has 1 aromatic carbocycles. The number of aromatic amines is 1. The first kappa shape index (κ1) is 13.3. The van der Waals surface area contributed by atoms with Crippen molar-refractivity contribution in [3.63, 3.8) is 0 Å². The van der Waals surface area contributed by atoms with Gasteiger partial charge in [-0.3, -0.25) is 9.78 Å². The number of anilines is 2. The Kier molecular flexibility index (Phi) is 3.42. The first-order valence-corrected chi connectivity index (χ1v) is 6.30. The van der Waals surface area contributed by atoms with Gasteiger partial charge in [0.1, 0.15) is 0 Å². The van der Waals surface area contributed by atoms with E-state index < -0.39 is 0 Å². The zero-order valence-corrected chi connectivity index (χ0v) is 11.7. The summed E-state index contributed by atoms with van der Waals surface area (Å²) in [6.07, 6.45) is 0. The number of H-pyrrole nitrogens is 1. The van der Waals surface area contributed by atoms with Crippen molar-refractivity contribution >= 4 is 11.6 Å². The normalized spacial score (nSPS) is 11.4. The van der Waals surface area contributed by atoms with E-state index >= 15 is 0 Å². The van der Waals surface area contributed by atoms with Crippen molar-refractivity contribution in [3.05, 3.63) is 51.9 Å². The number of rotatable bonds is 2. The maximum Gasteiger partial charge on any atom is 0.252 e. The molecule has 4 heteroatoms. The van der Waals surface area contributed by atoms with Crippen LogP contribution in [-0.2, 0) is 5.41 Å². The molecule has 0 saturated carbocycles. The number of hydrogen-bond acceptors (Lipinski definition) is 3. The van der Waals surface area contributed by atoms with Gasteiger partial charge in [0.2, 0.25) is 5.95 Å². The Hall–Kier alpha value is -2.10. The van der Waals surface area contributed by atoms with Crippen molar-refractivity contribution in [3.8, 4) is 0 Å². The smallest absolute Gasteiger partial charge is 0.252 e. The maximum absolute atomic E-state index is 11.4. The molecule has 0 unspecified atom stereocenters. The molecule has 0 atom stereocenters. The minimum absolute atomic E-state index is 0.133. The van der Waals surface area contributed by atoms with Crippen molar-refractivity contribution < 1.29 is 0 Å². The predicted octanol–water partition coefficient (Wildman–Crippen LogP) is 3.12. The van der Waals surface area contributed by atoms with Crippen LogP contribution in [0.15, 0.2) is 35.1 Å². The lowest BCUT2D eigenvalue weighted by Crippen LogP contribution is -2.12. The summed E-state index contributed by atoms with van der Waals surface area (Å²) in [6.45, 7) is 8.32. The second-order valence-corrected chi connectivity index (χ2v) is 5.69. The fraction of sp³-hybridized carbons (Fsp3) is 0.333. The zero-order valence-electron chi connectivity index (χ0n) is 11.7. The molecule has 2 aromatic rings. The maximum atomic E-state index is 11.4. The molecule has 0 radical (unpaired) electrons. The first-order chi connectivity index (χ1) is 8.84. The van der Waals surface area contributed by atoms with Crippen LogP contribution in [0.2, 0.25) is 0 Å². The minimum atomic E-state index is -0.152. The van der Waals surface area contributed by atoms with Crippen molar-refractivity contribution in [1.29, 1.82) is 0 Å². The third-order valence-corrected chi connectivity index (χ3v) is 2.88. The molecule has 0 saturated heterocycles. The minimum Gasteiger partial charge on any atom is -0.326 e. The number of nitrogens with one attached hydrogen (secondary N) is 2. The Morgan fingerprint density at radius 1 is 1.16 bits per heavy atom. The van der Waals surface area contributed by atoms with Gasteiger partial charge in [0.05, 0.1) is 0 Å². The lowest BCUT2D eigenvalue weighted by Gasteiger charge is -2.19. The highest BCUT2D eigenvalue weighted by molar-refractivity contribution is 5.54. The SMILES string of the molecule is Cc1cc(=O)[nH]c(Nc2ccc(C(C)(C)C)cc2)n1. The number of nitrogens with zero attached hydrogens (tertiary/aromatic N) is 1. The van der Waals surface area contributed by atoms with Crippen LogP contribution in [0.25, 0.3) is 0 Å². The van der Waals surface area contributed by atoms with Crippen LogP contribution in [0.4, 0.5) is 11.6 Å². The monoisotopic (exact) mass is 257 g/mol. The third-order valence-electron chi connectivity index (χ3n) is 2.88. The number of benzene rings is 1. The lowest BCUT2D eigenvalue weighted by molar-refractivity contribution is 0.590. The molecule has 0 aliphatic carbocycles. The van der Waals surface area contributed by atoms with E-state index in [9.17, 15) is 4.79 Å². The second-order valence-electron chi connectivity index (χ2n) is 5.69. The molecular weight excluding hydrogens is 238 g/mol. The summed E-state index contributed by atoms with van der Waals surface area (Å²) in [4.78, 5) is 18.2. The van der Waals surface area contributed by atoms with E-state index in [0.29, 0.717) is 11.6 Å². The van der Waals surface area contributed by atoms with Gasteiger partial charge in [0, 0.05) is 17.4 Å². The van der Waals surface area contributed by atoms with Gasteiger partial charge < -0.3 is 5.32 Å². The molecule has 100 valence electrons. The van der Waals surface area contributed by atoms with Crippen LogP contribution < -0.4 is 10.9 Å². The molecule has 0 bridgehead atoms. The van der Waals surface area contributed by atoms with Gasteiger partial charge in [-0.05, 0) is 30.0 Å². The van der Waals surface area contributed by atoms with Crippen LogP contribution in [-0.4, -0.2) is 9.97 Å². The highest BCUT2D eigenvalue weighted by atomic mass is 16.1. The van der Waals surface area contributed by atoms with E-state index in [1.54, 1.807) is 6.92 Å². The summed E-state index contributed by atoms with van der Waals surface area (Å²) < 4.78 is 0. The van der Waals surface area contributed by atoms with E-state index in [1.807, 2.05) is 12.1 Å². The molecule has 1 aromatic heterocycles. The van der Waals surface area contributed by atoms with Crippen LogP contribution in [0, 0.1) is 6.92 Å². The van der Waals surface area contributed by atoms with Crippen LogP contribution in [0.5, 0.6) is 0 Å². The summed E-state index contributed by atoms with van der Waals surface area (Å²) in [5, 5.41) is 3.10. The van der Waals surface area contributed by atoms with Gasteiger partial charge in [-0.1, -0.05) is 32.9 Å². The molecule has 0 spiro atoms. The van der Waals surface area contributed by atoms with Crippen LogP contribution >= 0.6 is 0 Å². The van der Waals surface area contributed by atoms with Gasteiger partial charge in [0.15, 0.2) is 0 Å². The standard InChI is InChI=1S/C15H19N3O/c1-10-9-13(19)18-14(16-10)17-12-7-5-11(6-8-12)15(2,3)4/h5-9H,1-4H3,(H2,16,17,18,19). The Morgan fingerprint density at radius 3 is 2.32 bits per heavy atom. The molecule has 1 heterocycles.